The van der Waals surface area contributed by atoms with Crippen LogP contribution < -0.4 is 14.4 Å². The molecular formula is C20H22N2O4S. The average Bonchev–Trinajstić information content (AvgIpc) is 3.40. The second kappa shape index (κ2) is 6.56. The smallest absolute Gasteiger partial charge is 0.261 e. The molecule has 1 fully saturated rings. The molecule has 2 aromatic rings. The number of carbonyl (C=O) groups excluding carboxylic acids is 1. The average molecular weight is 386 g/mol. The highest BCUT2D eigenvalue weighted by Gasteiger charge is 2.36. The third kappa shape index (κ3) is 3.39. The number of anilines is 2. The molecule has 142 valence electrons. The fourth-order valence-electron chi connectivity index (χ4n) is 3.48. The monoisotopic (exact) mass is 386 g/mol. The number of fused-ring (bicyclic) bond motifs is 1. The van der Waals surface area contributed by atoms with Crippen LogP contribution in [0.25, 0.3) is 0 Å². The maximum Gasteiger partial charge on any atom is 0.261 e. The number of ether oxygens (including phenoxy) is 1. The SMILES string of the molecule is COc1ccc(S(=O)(=O)Nc2ccc3c(c2)CCN3C(=O)C2CC2)cc1C. The number of carbonyl (C=O) groups is 1. The summed E-state index contributed by atoms with van der Waals surface area (Å²) >= 11 is 0. The molecule has 0 unspecified atom stereocenters. The second-order valence-corrected chi connectivity index (χ2v) is 8.78. The highest BCUT2D eigenvalue weighted by atomic mass is 32.2. The summed E-state index contributed by atoms with van der Waals surface area (Å²) in [5.41, 5.74) is 3.15. The van der Waals surface area contributed by atoms with E-state index in [-0.39, 0.29) is 16.7 Å². The van der Waals surface area contributed by atoms with Crippen molar-refractivity contribution in [1.29, 1.82) is 0 Å². The standard InChI is InChI=1S/C20H22N2O4S/c1-13-11-17(6-8-19(13)26-2)27(24,25)21-16-5-7-18-15(12-16)9-10-22(18)20(23)14-3-4-14/h5-8,11-12,14,21H,3-4,9-10H2,1-2H3. The van der Waals surface area contributed by atoms with Crippen LogP contribution in [-0.4, -0.2) is 28.0 Å². The highest BCUT2D eigenvalue weighted by molar-refractivity contribution is 7.92. The molecule has 0 radical (unpaired) electrons. The van der Waals surface area contributed by atoms with Gasteiger partial charge < -0.3 is 9.64 Å². The minimum Gasteiger partial charge on any atom is -0.496 e. The van der Waals surface area contributed by atoms with Gasteiger partial charge in [0.25, 0.3) is 10.0 Å². The van der Waals surface area contributed by atoms with E-state index >= 15 is 0 Å². The maximum atomic E-state index is 12.7. The van der Waals surface area contributed by atoms with Crippen LogP contribution in [0.2, 0.25) is 0 Å². The zero-order valence-corrected chi connectivity index (χ0v) is 16.2. The van der Waals surface area contributed by atoms with Gasteiger partial charge in [-0.3, -0.25) is 9.52 Å². The van der Waals surface area contributed by atoms with Crippen LogP contribution in [0.4, 0.5) is 11.4 Å². The van der Waals surface area contributed by atoms with E-state index in [0.717, 1.165) is 36.1 Å². The van der Waals surface area contributed by atoms with Gasteiger partial charge in [-0.2, -0.15) is 0 Å². The van der Waals surface area contributed by atoms with E-state index in [4.69, 9.17) is 4.74 Å². The number of hydrogen-bond acceptors (Lipinski definition) is 4. The van der Waals surface area contributed by atoms with Crippen molar-refractivity contribution in [3.8, 4) is 5.75 Å². The Morgan fingerprint density at radius 2 is 1.96 bits per heavy atom. The van der Waals surface area contributed by atoms with Crippen LogP contribution in [0.1, 0.15) is 24.0 Å². The summed E-state index contributed by atoms with van der Waals surface area (Å²) in [6.45, 7) is 2.47. The Morgan fingerprint density at radius 3 is 2.63 bits per heavy atom. The molecule has 0 saturated heterocycles. The van der Waals surface area contributed by atoms with Crippen molar-refractivity contribution in [1.82, 2.24) is 0 Å². The number of benzene rings is 2. The third-order valence-corrected chi connectivity index (χ3v) is 6.48. The predicted molar refractivity (Wildman–Crippen MR) is 104 cm³/mol. The molecule has 0 spiro atoms. The molecule has 0 bridgehead atoms. The normalized spacial score (nSPS) is 16.1. The van der Waals surface area contributed by atoms with Crippen molar-refractivity contribution < 1.29 is 17.9 Å². The Labute approximate surface area is 159 Å². The van der Waals surface area contributed by atoms with Crippen LogP contribution in [0, 0.1) is 12.8 Å². The van der Waals surface area contributed by atoms with Gasteiger partial charge in [-0.15, -0.1) is 0 Å². The van der Waals surface area contributed by atoms with E-state index < -0.39 is 10.0 Å². The zero-order valence-electron chi connectivity index (χ0n) is 15.4. The third-order valence-electron chi connectivity index (χ3n) is 5.10. The maximum absolute atomic E-state index is 12.7. The van der Waals surface area contributed by atoms with E-state index in [2.05, 4.69) is 4.72 Å². The number of hydrogen-bond donors (Lipinski definition) is 1. The molecule has 1 saturated carbocycles. The number of sulfonamides is 1. The van der Waals surface area contributed by atoms with Crippen LogP contribution >= 0.6 is 0 Å². The molecule has 6 nitrogen and oxygen atoms in total. The van der Waals surface area contributed by atoms with E-state index in [1.807, 2.05) is 17.0 Å². The van der Waals surface area contributed by atoms with Gasteiger partial charge in [-0.1, -0.05) is 0 Å². The van der Waals surface area contributed by atoms with Gasteiger partial charge in [0, 0.05) is 23.8 Å². The molecule has 1 aliphatic heterocycles. The highest BCUT2D eigenvalue weighted by Crippen LogP contribution is 2.37. The largest absolute Gasteiger partial charge is 0.496 e. The summed E-state index contributed by atoms with van der Waals surface area (Å²) in [4.78, 5) is 14.4. The molecule has 1 amide bonds. The van der Waals surface area contributed by atoms with Crippen molar-refractivity contribution in [3.63, 3.8) is 0 Å². The molecule has 2 aliphatic rings. The zero-order chi connectivity index (χ0) is 19.2. The predicted octanol–water partition coefficient (Wildman–Crippen LogP) is 3.10. The van der Waals surface area contributed by atoms with Gasteiger partial charge in [0.2, 0.25) is 5.91 Å². The lowest BCUT2D eigenvalue weighted by molar-refractivity contribution is -0.119. The molecule has 1 aliphatic carbocycles. The molecule has 27 heavy (non-hydrogen) atoms. The Balaban J connectivity index is 1.56. The van der Waals surface area contributed by atoms with Crippen LogP contribution in [-0.2, 0) is 21.2 Å². The Kier molecular flexibility index (Phi) is 4.34. The van der Waals surface area contributed by atoms with Crippen molar-refractivity contribution in [2.45, 2.75) is 31.1 Å². The van der Waals surface area contributed by atoms with Crippen molar-refractivity contribution >= 4 is 27.3 Å². The summed E-state index contributed by atoms with van der Waals surface area (Å²) in [6, 6.07) is 10.1. The molecule has 7 heteroatoms. The summed E-state index contributed by atoms with van der Waals surface area (Å²) in [6.07, 6.45) is 2.69. The fraction of sp³-hybridized carbons (Fsp3) is 0.350. The Hall–Kier alpha value is -2.54. The first-order chi connectivity index (χ1) is 12.9. The van der Waals surface area contributed by atoms with Gasteiger partial charge in [0.05, 0.1) is 12.0 Å². The van der Waals surface area contributed by atoms with Gasteiger partial charge in [0.15, 0.2) is 0 Å². The van der Waals surface area contributed by atoms with Crippen molar-refractivity contribution in [3.05, 3.63) is 47.5 Å². The summed E-state index contributed by atoms with van der Waals surface area (Å²) in [5.74, 6) is 1.01. The number of amides is 1. The van der Waals surface area contributed by atoms with Gasteiger partial charge >= 0.3 is 0 Å². The minimum atomic E-state index is -3.70. The molecule has 1 heterocycles. The van der Waals surface area contributed by atoms with Crippen molar-refractivity contribution in [2.75, 3.05) is 23.3 Å². The van der Waals surface area contributed by atoms with Gasteiger partial charge in [-0.05, 0) is 73.7 Å². The number of nitrogens with one attached hydrogen (secondary N) is 1. The first-order valence-electron chi connectivity index (χ1n) is 9.01. The molecular weight excluding hydrogens is 364 g/mol. The summed E-state index contributed by atoms with van der Waals surface area (Å²) in [7, 11) is -2.15. The lowest BCUT2D eigenvalue weighted by Crippen LogP contribution is -2.30. The molecule has 1 N–H and O–H groups in total. The first kappa shape index (κ1) is 17.9. The number of methoxy groups -OCH3 is 1. The molecule has 2 aromatic carbocycles. The molecule has 0 aromatic heterocycles. The van der Waals surface area contributed by atoms with E-state index in [9.17, 15) is 13.2 Å². The van der Waals surface area contributed by atoms with Gasteiger partial charge in [0.1, 0.15) is 5.75 Å². The quantitative estimate of drug-likeness (QED) is 0.857. The topological polar surface area (TPSA) is 75.7 Å². The van der Waals surface area contributed by atoms with E-state index in [1.54, 1.807) is 32.2 Å². The molecule has 4 rings (SSSR count). The van der Waals surface area contributed by atoms with Gasteiger partial charge in [-0.25, -0.2) is 8.42 Å². The first-order valence-corrected chi connectivity index (χ1v) is 10.5. The Morgan fingerprint density at radius 1 is 1.19 bits per heavy atom. The minimum absolute atomic E-state index is 0.174. The van der Waals surface area contributed by atoms with Crippen LogP contribution in [0.15, 0.2) is 41.3 Å². The number of nitrogens with zero attached hydrogens (tertiary/aromatic N) is 1. The van der Waals surface area contributed by atoms with E-state index in [0.29, 0.717) is 18.0 Å². The van der Waals surface area contributed by atoms with Crippen LogP contribution in [0.5, 0.6) is 5.75 Å². The lowest BCUT2D eigenvalue weighted by Gasteiger charge is -2.17. The summed E-state index contributed by atoms with van der Waals surface area (Å²) in [5, 5.41) is 0. The van der Waals surface area contributed by atoms with Crippen molar-refractivity contribution in [2.24, 2.45) is 5.92 Å². The van der Waals surface area contributed by atoms with Crippen LogP contribution in [0.3, 0.4) is 0 Å². The fourth-order valence-corrected chi connectivity index (χ4v) is 4.61. The Bertz CT molecular complexity index is 1010. The summed E-state index contributed by atoms with van der Waals surface area (Å²) < 4.78 is 33.2. The molecule has 0 atom stereocenters. The second-order valence-electron chi connectivity index (χ2n) is 7.09. The number of aryl methyl sites for hydroxylation is 1. The number of rotatable bonds is 5. The lowest BCUT2D eigenvalue weighted by atomic mass is 10.1. The van der Waals surface area contributed by atoms with E-state index in [1.165, 1.54) is 6.07 Å².